The summed E-state index contributed by atoms with van der Waals surface area (Å²) < 4.78 is 5.78. The highest BCUT2D eigenvalue weighted by Crippen LogP contribution is 2.14. The molecule has 0 aromatic carbocycles. The minimum Gasteiger partial charge on any atom is -0.475 e. The number of rotatable bonds is 7. The first-order chi connectivity index (χ1) is 9.01. The van der Waals surface area contributed by atoms with E-state index in [1.807, 2.05) is 26.0 Å². The average molecular weight is 264 g/mol. The molecular formula is C15H24N2O2. The lowest BCUT2D eigenvalue weighted by molar-refractivity contribution is -0.120. The number of amides is 1. The van der Waals surface area contributed by atoms with Gasteiger partial charge in [-0.25, -0.2) is 4.98 Å². The molecule has 0 bridgehead atoms. The zero-order chi connectivity index (χ0) is 14.3. The molecule has 0 aliphatic carbocycles. The van der Waals surface area contributed by atoms with E-state index in [2.05, 4.69) is 24.1 Å². The van der Waals surface area contributed by atoms with Crippen LogP contribution in [-0.2, 0) is 11.3 Å². The third-order valence-electron chi connectivity index (χ3n) is 2.74. The van der Waals surface area contributed by atoms with Gasteiger partial charge in [0.25, 0.3) is 0 Å². The normalized spacial score (nSPS) is 12.3. The fourth-order valence-electron chi connectivity index (χ4n) is 1.87. The zero-order valence-electron chi connectivity index (χ0n) is 12.3. The summed E-state index contributed by atoms with van der Waals surface area (Å²) in [6.45, 7) is 8.75. The predicted octanol–water partition coefficient (Wildman–Crippen LogP) is 2.92. The third-order valence-corrected chi connectivity index (χ3v) is 2.74. The van der Waals surface area contributed by atoms with Crippen LogP contribution < -0.4 is 10.1 Å². The van der Waals surface area contributed by atoms with E-state index in [9.17, 15) is 4.79 Å². The molecule has 106 valence electrons. The molecule has 0 radical (unpaired) electrons. The highest BCUT2D eigenvalue weighted by molar-refractivity contribution is 5.75. The second-order valence-corrected chi connectivity index (χ2v) is 5.19. The van der Waals surface area contributed by atoms with Gasteiger partial charge in [0.05, 0.1) is 6.10 Å². The Morgan fingerprint density at radius 1 is 1.42 bits per heavy atom. The van der Waals surface area contributed by atoms with Crippen LogP contribution in [0.5, 0.6) is 5.88 Å². The largest absolute Gasteiger partial charge is 0.475 e. The maximum Gasteiger partial charge on any atom is 0.219 e. The van der Waals surface area contributed by atoms with Gasteiger partial charge in [-0.05, 0) is 30.9 Å². The van der Waals surface area contributed by atoms with Gasteiger partial charge in [0, 0.05) is 25.2 Å². The second kappa shape index (κ2) is 7.77. The van der Waals surface area contributed by atoms with Gasteiger partial charge >= 0.3 is 0 Å². The maximum absolute atomic E-state index is 11.2. The molecule has 0 saturated heterocycles. The van der Waals surface area contributed by atoms with Gasteiger partial charge < -0.3 is 10.1 Å². The van der Waals surface area contributed by atoms with Crippen LogP contribution in [0.2, 0.25) is 0 Å². The number of hydrogen-bond donors (Lipinski definition) is 1. The van der Waals surface area contributed by atoms with Crippen LogP contribution in [0, 0.1) is 5.92 Å². The first-order valence-electron chi connectivity index (χ1n) is 6.89. The molecule has 0 aliphatic rings. The van der Waals surface area contributed by atoms with Crippen molar-refractivity contribution < 1.29 is 9.53 Å². The first-order valence-corrected chi connectivity index (χ1v) is 6.89. The lowest BCUT2D eigenvalue weighted by atomic mass is 10.1. The number of hydrogen-bond acceptors (Lipinski definition) is 3. The van der Waals surface area contributed by atoms with Crippen molar-refractivity contribution in [1.29, 1.82) is 0 Å². The lowest BCUT2D eigenvalue weighted by Gasteiger charge is -2.16. The van der Waals surface area contributed by atoms with Crippen LogP contribution in [0.25, 0.3) is 0 Å². The van der Waals surface area contributed by atoms with Gasteiger partial charge in [0.1, 0.15) is 0 Å². The molecule has 4 heteroatoms. The Kier molecular flexibility index (Phi) is 6.33. The third kappa shape index (κ3) is 6.22. The van der Waals surface area contributed by atoms with Crippen molar-refractivity contribution in [3.05, 3.63) is 23.9 Å². The number of pyridine rings is 1. The molecule has 1 atom stereocenters. The fourth-order valence-corrected chi connectivity index (χ4v) is 1.87. The molecule has 1 N–H and O–H groups in total. The molecular weight excluding hydrogens is 240 g/mol. The molecule has 0 fully saturated rings. The summed E-state index contributed by atoms with van der Waals surface area (Å²) >= 11 is 0. The SMILES string of the molecule is CCC(=O)NCc1ccnc(OC(C)CC(C)C)c1. The van der Waals surface area contributed by atoms with Crippen LogP contribution >= 0.6 is 0 Å². The Hall–Kier alpha value is -1.58. The van der Waals surface area contributed by atoms with E-state index >= 15 is 0 Å². The fraction of sp³-hybridized carbons (Fsp3) is 0.600. The summed E-state index contributed by atoms with van der Waals surface area (Å²) in [5.74, 6) is 1.27. The Morgan fingerprint density at radius 2 is 2.16 bits per heavy atom. The van der Waals surface area contributed by atoms with Gasteiger partial charge in [0.15, 0.2) is 0 Å². The standard InChI is InChI=1S/C15H24N2O2/c1-5-14(18)17-10-13-6-7-16-15(9-13)19-12(4)8-11(2)3/h6-7,9,11-12H,5,8,10H2,1-4H3,(H,17,18). The average Bonchev–Trinajstić information content (AvgIpc) is 2.35. The summed E-state index contributed by atoms with van der Waals surface area (Å²) in [7, 11) is 0. The molecule has 4 nitrogen and oxygen atoms in total. The molecule has 1 aromatic rings. The number of carbonyl (C=O) groups is 1. The van der Waals surface area contributed by atoms with Crippen molar-refractivity contribution in [3.8, 4) is 5.88 Å². The maximum atomic E-state index is 11.2. The Bertz CT molecular complexity index is 405. The van der Waals surface area contributed by atoms with Crippen LogP contribution in [0.15, 0.2) is 18.3 Å². The molecule has 1 amide bonds. The van der Waals surface area contributed by atoms with Crippen LogP contribution in [-0.4, -0.2) is 17.0 Å². The van der Waals surface area contributed by atoms with E-state index in [0.29, 0.717) is 24.8 Å². The minimum atomic E-state index is 0.0486. The van der Waals surface area contributed by atoms with Gasteiger partial charge in [0.2, 0.25) is 11.8 Å². The Morgan fingerprint density at radius 3 is 2.79 bits per heavy atom. The number of nitrogens with one attached hydrogen (secondary N) is 1. The predicted molar refractivity (Wildman–Crippen MR) is 75.9 cm³/mol. The quantitative estimate of drug-likeness (QED) is 0.823. The zero-order valence-corrected chi connectivity index (χ0v) is 12.3. The Balaban J connectivity index is 2.54. The molecule has 0 aliphatic heterocycles. The van der Waals surface area contributed by atoms with Crippen molar-refractivity contribution in [2.45, 2.75) is 53.2 Å². The van der Waals surface area contributed by atoms with E-state index in [1.54, 1.807) is 6.20 Å². The topological polar surface area (TPSA) is 51.2 Å². The first kappa shape index (κ1) is 15.5. The number of aromatic nitrogens is 1. The van der Waals surface area contributed by atoms with E-state index in [-0.39, 0.29) is 12.0 Å². The summed E-state index contributed by atoms with van der Waals surface area (Å²) in [6, 6.07) is 3.77. The van der Waals surface area contributed by atoms with E-state index in [0.717, 1.165) is 12.0 Å². The molecule has 0 saturated carbocycles. The van der Waals surface area contributed by atoms with Crippen molar-refractivity contribution in [2.75, 3.05) is 0 Å². The summed E-state index contributed by atoms with van der Waals surface area (Å²) in [5.41, 5.74) is 1.00. The number of nitrogens with zero attached hydrogens (tertiary/aromatic N) is 1. The van der Waals surface area contributed by atoms with E-state index < -0.39 is 0 Å². The number of ether oxygens (including phenoxy) is 1. The van der Waals surface area contributed by atoms with Crippen LogP contribution in [0.4, 0.5) is 0 Å². The lowest BCUT2D eigenvalue weighted by Crippen LogP contribution is -2.21. The summed E-state index contributed by atoms with van der Waals surface area (Å²) in [5, 5.41) is 2.84. The smallest absolute Gasteiger partial charge is 0.219 e. The van der Waals surface area contributed by atoms with Crippen molar-refractivity contribution >= 4 is 5.91 Å². The minimum absolute atomic E-state index is 0.0486. The second-order valence-electron chi connectivity index (χ2n) is 5.19. The molecule has 1 unspecified atom stereocenters. The van der Waals surface area contributed by atoms with Crippen LogP contribution in [0.3, 0.4) is 0 Å². The van der Waals surface area contributed by atoms with Crippen molar-refractivity contribution in [1.82, 2.24) is 10.3 Å². The van der Waals surface area contributed by atoms with Crippen LogP contribution in [0.1, 0.15) is 46.1 Å². The Labute approximate surface area is 115 Å². The van der Waals surface area contributed by atoms with Gasteiger partial charge in [-0.3, -0.25) is 4.79 Å². The molecule has 1 rings (SSSR count). The summed E-state index contributed by atoms with van der Waals surface area (Å²) in [4.78, 5) is 15.4. The van der Waals surface area contributed by atoms with E-state index in [1.165, 1.54) is 0 Å². The van der Waals surface area contributed by atoms with Gasteiger partial charge in [-0.2, -0.15) is 0 Å². The van der Waals surface area contributed by atoms with E-state index in [4.69, 9.17) is 4.74 Å². The molecule has 1 heterocycles. The molecule has 1 aromatic heterocycles. The molecule has 0 spiro atoms. The summed E-state index contributed by atoms with van der Waals surface area (Å²) in [6.07, 6.45) is 3.36. The monoisotopic (exact) mass is 264 g/mol. The highest BCUT2D eigenvalue weighted by atomic mass is 16.5. The van der Waals surface area contributed by atoms with Gasteiger partial charge in [-0.15, -0.1) is 0 Å². The number of carbonyl (C=O) groups excluding carboxylic acids is 1. The van der Waals surface area contributed by atoms with Crippen molar-refractivity contribution in [2.24, 2.45) is 5.92 Å². The van der Waals surface area contributed by atoms with Gasteiger partial charge in [-0.1, -0.05) is 20.8 Å². The highest BCUT2D eigenvalue weighted by Gasteiger charge is 2.08. The van der Waals surface area contributed by atoms with Crippen molar-refractivity contribution in [3.63, 3.8) is 0 Å². The molecule has 19 heavy (non-hydrogen) atoms.